The average Bonchev–Trinajstić information content (AvgIpc) is 2.77. The number of carbonyl (C=O) groups is 1. The Morgan fingerprint density at radius 2 is 1.75 bits per heavy atom. The minimum absolute atomic E-state index is 0.295. The molecule has 0 aliphatic heterocycles. The van der Waals surface area contributed by atoms with E-state index in [-0.39, 0.29) is 5.91 Å². The van der Waals surface area contributed by atoms with Gasteiger partial charge in [0.05, 0.1) is 12.8 Å². The Labute approximate surface area is 163 Å². The number of benzene rings is 2. The number of carbonyl (C=O) groups excluding carboxylic acids is 1. The number of pyridine rings is 1. The smallest absolute Gasteiger partial charge is 0.271 e. The highest BCUT2D eigenvalue weighted by Gasteiger charge is 2.09. The van der Waals surface area contributed by atoms with Crippen LogP contribution in [0.15, 0.2) is 78.2 Å². The number of hydrogen-bond donors (Lipinski definition) is 1. The van der Waals surface area contributed by atoms with Crippen molar-refractivity contribution in [3.63, 3.8) is 0 Å². The summed E-state index contributed by atoms with van der Waals surface area (Å²) in [5.74, 6) is 0.948. The van der Waals surface area contributed by atoms with E-state index >= 15 is 0 Å². The molecule has 0 aliphatic carbocycles. The minimum Gasteiger partial charge on any atom is -0.493 e. The van der Waals surface area contributed by atoms with Crippen molar-refractivity contribution in [3.05, 3.63) is 89.7 Å². The van der Waals surface area contributed by atoms with Crippen molar-refractivity contribution in [1.82, 2.24) is 10.4 Å². The molecule has 0 saturated heterocycles. The van der Waals surface area contributed by atoms with Crippen LogP contribution in [0.4, 0.5) is 0 Å². The highest BCUT2D eigenvalue weighted by molar-refractivity contribution is 6.01. The second-order valence-electron chi connectivity index (χ2n) is 6.01. The zero-order valence-electron chi connectivity index (χ0n) is 15.8. The van der Waals surface area contributed by atoms with Crippen LogP contribution >= 0.6 is 0 Å². The molecule has 1 amide bonds. The number of amides is 1. The summed E-state index contributed by atoms with van der Waals surface area (Å²) in [4.78, 5) is 16.0. The molecule has 28 heavy (non-hydrogen) atoms. The zero-order chi connectivity index (χ0) is 19.8. The number of rotatable bonds is 7. The first-order valence-corrected chi connectivity index (χ1v) is 8.77. The van der Waals surface area contributed by atoms with E-state index in [2.05, 4.69) is 15.5 Å². The summed E-state index contributed by atoms with van der Waals surface area (Å²) in [6.07, 6.45) is 3.12. The summed E-state index contributed by atoms with van der Waals surface area (Å²) < 4.78 is 11.3. The molecule has 0 atom stereocenters. The van der Waals surface area contributed by atoms with Gasteiger partial charge in [0.25, 0.3) is 5.91 Å². The Balaban J connectivity index is 1.69. The van der Waals surface area contributed by atoms with Crippen LogP contribution < -0.4 is 14.9 Å². The molecular formula is C22H21N3O3. The molecule has 0 spiro atoms. The molecule has 0 radical (unpaired) electrons. The molecule has 6 nitrogen and oxygen atoms in total. The molecule has 1 N–H and O–H groups in total. The van der Waals surface area contributed by atoms with Crippen molar-refractivity contribution in [2.75, 3.05) is 7.11 Å². The molecule has 0 bridgehead atoms. The van der Waals surface area contributed by atoms with E-state index in [1.807, 2.05) is 55.5 Å². The topological polar surface area (TPSA) is 72.8 Å². The van der Waals surface area contributed by atoms with Crippen LogP contribution in [0.25, 0.3) is 0 Å². The van der Waals surface area contributed by atoms with Crippen LogP contribution in [0.5, 0.6) is 11.5 Å². The van der Waals surface area contributed by atoms with Crippen molar-refractivity contribution in [2.24, 2.45) is 5.10 Å². The number of nitrogens with one attached hydrogen (secondary N) is 1. The first kappa shape index (κ1) is 19.1. The molecule has 1 aromatic heterocycles. The van der Waals surface area contributed by atoms with Gasteiger partial charge < -0.3 is 9.47 Å². The Morgan fingerprint density at radius 1 is 1.00 bits per heavy atom. The largest absolute Gasteiger partial charge is 0.493 e. The lowest BCUT2D eigenvalue weighted by atomic mass is 10.1. The molecule has 0 unspecified atom stereocenters. The Hall–Kier alpha value is -3.67. The summed E-state index contributed by atoms with van der Waals surface area (Å²) in [6, 6.07) is 18.7. The van der Waals surface area contributed by atoms with Crippen LogP contribution in [0.2, 0.25) is 0 Å². The summed E-state index contributed by atoms with van der Waals surface area (Å²) in [7, 11) is 1.59. The van der Waals surface area contributed by atoms with Crippen LogP contribution in [0.3, 0.4) is 0 Å². The Kier molecular flexibility index (Phi) is 6.36. The van der Waals surface area contributed by atoms with Crippen molar-refractivity contribution in [3.8, 4) is 11.5 Å². The van der Waals surface area contributed by atoms with Crippen molar-refractivity contribution in [2.45, 2.75) is 13.5 Å². The van der Waals surface area contributed by atoms with Gasteiger partial charge >= 0.3 is 0 Å². The third kappa shape index (κ3) is 4.94. The van der Waals surface area contributed by atoms with Crippen molar-refractivity contribution < 1.29 is 14.3 Å². The molecule has 0 fully saturated rings. The number of nitrogens with zero attached hydrogens (tertiary/aromatic N) is 2. The Morgan fingerprint density at radius 3 is 2.46 bits per heavy atom. The van der Waals surface area contributed by atoms with Gasteiger partial charge in [-0.25, -0.2) is 5.43 Å². The Bertz CT molecular complexity index is 957. The standard InChI is InChI=1S/C22H21N3O3/c1-16(24-25-22(26)18-10-12-23-13-11-18)19-8-9-20(21(14-19)27-2)28-15-17-6-4-3-5-7-17/h3-14H,15H2,1-2H3,(H,25,26). The maximum absolute atomic E-state index is 12.1. The van der Waals surface area contributed by atoms with Gasteiger partial charge in [-0.05, 0) is 42.8 Å². The SMILES string of the molecule is COc1cc(C(C)=NNC(=O)c2ccncc2)ccc1OCc1ccccc1. The molecule has 6 heteroatoms. The molecule has 3 rings (SSSR count). The van der Waals surface area contributed by atoms with Crippen LogP contribution in [0.1, 0.15) is 28.4 Å². The fourth-order valence-electron chi connectivity index (χ4n) is 2.51. The maximum atomic E-state index is 12.1. The third-order valence-electron chi connectivity index (χ3n) is 4.09. The molecule has 2 aromatic carbocycles. The number of methoxy groups -OCH3 is 1. The van der Waals surface area contributed by atoms with Gasteiger partial charge in [-0.3, -0.25) is 9.78 Å². The van der Waals surface area contributed by atoms with Gasteiger partial charge in [-0.15, -0.1) is 0 Å². The summed E-state index contributed by atoms with van der Waals surface area (Å²) >= 11 is 0. The van der Waals surface area contributed by atoms with Crippen molar-refractivity contribution >= 4 is 11.6 Å². The zero-order valence-corrected chi connectivity index (χ0v) is 15.8. The fourth-order valence-corrected chi connectivity index (χ4v) is 2.51. The number of hydrazone groups is 1. The lowest BCUT2D eigenvalue weighted by Gasteiger charge is -2.12. The molecule has 0 saturated carbocycles. The highest BCUT2D eigenvalue weighted by Crippen LogP contribution is 2.29. The predicted octanol–water partition coefficient (Wildman–Crippen LogP) is 3.82. The summed E-state index contributed by atoms with van der Waals surface area (Å²) in [6.45, 7) is 2.26. The second kappa shape index (κ2) is 9.32. The normalized spacial score (nSPS) is 11.0. The quantitative estimate of drug-likeness (QED) is 0.503. The van der Waals surface area contributed by atoms with Gasteiger partial charge in [0.1, 0.15) is 6.61 Å². The van der Waals surface area contributed by atoms with Gasteiger partial charge in [-0.1, -0.05) is 30.3 Å². The van der Waals surface area contributed by atoms with E-state index in [0.717, 1.165) is 11.1 Å². The van der Waals surface area contributed by atoms with Crippen LogP contribution in [-0.2, 0) is 6.61 Å². The van der Waals surface area contributed by atoms with E-state index < -0.39 is 0 Å². The molecular weight excluding hydrogens is 354 g/mol. The van der Waals surface area contributed by atoms with Gasteiger partial charge in [0.2, 0.25) is 0 Å². The molecule has 1 heterocycles. The average molecular weight is 375 g/mol. The minimum atomic E-state index is -0.295. The molecule has 3 aromatic rings. The second-order valence-corrected chi connectivity index (χ2v) is 6.01. The van der Waals surface area contributed by atoms with Crippen LogP contribution in [-0.4, -0.2) is 23.7 Å². The van der Waals surface area contributed by atoms with Gasteiger partial charge in [0.15, 0.2) is 11.5 Å². The van der Waals surface area contributed by atoms with E-state index in [4.69, 9.17) is 9.47 Å². The highest BCUT2D eigenvalue weighted by atomic mass is 16.5. The maximum Gasteiger partial charge on any atom is 0.271 e. The van der Waals surface area contributed by atoms with Gasteiger partial charge in [-0.2, -0.15) is 5.10 Å². The monoisotopic (exact) mass is 375 g/mol. The molecule has 142 valence electrons. The van der Waals surface area contributed by atoms with E-state index in [1.54, 1.807) is 31.6 Å². The lowest BCUT2D eigenvalue weighted by Crippen LogP contribution is -2.19. The number of aromatic nitrogens is 1. The number of ether oxygens (including phenoxy) is 2. The molecule has 0 aliphatic rings. The third-order valence-corrected chi connectivity index (χ3v) is 4.09. The summed E-state index contributed by atoms with van der Waals surface area (Å²) in [5.41, 5.74) is 5.58. The van der Waals surface area contributed by atoms with Crippen molar-refractivity contribution in [1.29, 1.82) is 0 Å². The van der Waals surface area contributed by atoms with E-state index in [0.29, 0.717) is 29.4 Å². The first-order valence-electron chi connectivity index (χ1n) is 8.77. The fraction of sp³-hybridized carbons (Fsp3) is 0.136. The van der Waals surface area contributed by atoms with Crippen LogP contribution in [0, 0.1) is 0 Å². The number of hydrogen-bond acceptors (Lipinski definition) is 5. The lowest BCUT2D eigenvalue weighted by molar-refractivity contribution is 0.0954. The van der Waals surface area contributed by atoms with E-state index in [1.165, 1.54) is 0 Å². The predicted molar refractivity (Wildman–Crippen MR) is 108 cm³/mol. The van der Waals surface area contributed by atoms with E-state index in [9.17, 15) is 4.79 Å². The first-order chi connectivity index (χ1) is 13.7. The summed E-state index contributed by atoms with van der Waals surface area (Å²) in [5, 5.41) is 4.17. The van der Waals surface area contributed by atoms with Gasteiger partial charge in [0, 0.05) is 23.5 Å².